The molecule has 1 aromatic carbocycles. The molecule has 0 fully saturated rings. The topological polar surface area (TPSA) is 84.9 Å². The summed E-state index contributed by atoms with van der Waals surface area (Å²) in [6.45, 7) is 4.15. The molecule has 21 heavy (non-hydrogen) atoms. The van der Waals surface area contributed by atoms with Gasteiger partial charge in [0.15, 0.2) is 0 Å². The second-order valence-corrected chi connectivity index (χ2v) is 6.50. The minimum Gasteiger partial charge on any atom is -0.497 e. The molecule has 0 aromatic heterocycles. The molecule has 0 saturated carbocycles. The molecule has 0 amide bonds. The summed E-state index contributed by atoms with van der Waals surface area (Å²) in [5.74, 6) is 0.556. The predicted molar refractivity (Wildman–Crippen MR) is 80.1 cm³/mol. The molecule has 0 bridgehead atoms. The van der Waals surface area contributed by atoms with Crippen LogP contribution in [0.2, 0.25) is 0 Å². The van der Waals surface area contributed by atoms with Gasteiger partial charge in [0.2, 0.25) is 10.0 Å². The van der Waals surface area contributed by atoms with Crippen LogP contribution in [0.1, 0.15) is 19.4 Å². The van der Waals surface area contributed by atoms with Gasteiger partial charge in [-0.15, -0.1) is 0 Å². The van der Waals surface area contributed by atoms with Crippen molar-refractivity contribution in [3.05, 3.63) is 23.8 Å². The lowest BCUT2D eigenvalue weighted by atomic mass is 10.1. The Morgan fingerprint density at radius 2 is 2.05 bits per heavy atom. The molecule has 0 atom stereocenters. The van der Waals surface area contributed by atoms with Gasteiger partial charge in [0, 0.05) is 13.2 Å². The number of aliphatic hydroxyl groups excluding tert-OH is 1. The number of ether oxygens (including phenoxy) is 2. The van der Waals surface area contributed by atoms with Crippen molar-refractivity contribution < 1.29 is 23.0 Å². The van der Waals surface area contributed by atoms with E-state index in [-0.39, 0.29) is 30.6 Å². The average molecular weight is 317 g/mol. The van der Waals surface area contributed by atoms with Gasteiger partial charge in [-0.05, 0) is 44.0 Å². The smallest absolute Gasteiger partial charge is 0.240 e. The predicted octanol–water partition coefficient (Wildman–Crippen LogP) is 0.933. The van der Waals surface area contributed by atoms with Crippen molar-refractivity contribution in [2.75, 3.05) is 26.9 Å². The fraction of sp³-hybridized carbons (Fsp3) is 0.571. The van der Waals surface area contributed by atoms with Gasteiger partial charge in [0.25, 0.3) is 0 Å². The van der Waals surface area contributed by atoms with E-state index in [4.69, 9.17) is 14.6 Å². The zero-order valence-electron chi connectivity index (χ0n) is 12.6. The highest BCUT2D eigenvalue weighted by molar-refractivity contribution is 7.89. The number of hydrogen-bond acceptors (Lipinski definition) is 5. The van der Waals surface area contributed by atoms with Crippen LogP contribution < -0.4 is 9.46 Å². The van der Waals surface area contributed by atoms with Gasteiger partial charge in [-0.25, -0.2) is 13.1 Å². The van der Waals surface area contributed by atoms with Gasteiger partial charge in [-0.3, -0.25) is 0 Å². The molecule has 0 aliphatic carbocycles. The minimum atomic E-state index is -3.63. The number of benzene rings is 1. The van der Waals surface area contributed by atoms with Gasteiger partial charge < -0.3 is 14.6 Å². The van der Waals surface area contributed by atoms with E-state index in [1.54, 1.807) is 12.1 Å². The molecular weight excluding hydrogens is 294 g/mol. The third kappa shape index (κ3) is 5.62. The normalized spacial score (nSPS) is 11.9. The summed E-state index contributed by atoms with van der Waals surface area (Å²) in [6, 6.07) is 4.69. The van der Waals surface area contributed by atoms with Crippen molar-refractivity contribution in [3.8, 4) is 5.75 Å². The second kappa shape index (κ2) is 8.33. The van der Waals surface area contributed by atoms with E-state index in [9.17, 15) is 8.42 Å². The summed E-state index contributed by atoms with van der Waals surface area (Å²) in [6.07, 6.45) is 0.302. The Kier molecular flexibility index (Phi) is 7.10. The SMILES string of the molecule is COc1ccc(S(=O)(=O)NCCOC(C)C)c(CCO)c1. The van der Waals surface area contributed by atoms with Crippen molar-refractivity contribution in [3.63, 3.8) is 0 Å². The van der Waals surface area contributed by atoms with Crippen LogP contribution in [0, 0.1) is 0 Å². The van der Waals surface area contributed by atoms with Crippen LogP contribution in [0.25, 0.3) is 0 Å². The third-order valence-electron chi connectivity index (χ3n) is 2.78. The monoisotopic (exact) mass is 317 g/mol. The van der Waals surface area contributed by atoms with Crippen LogP contribution in [-0.4, -0.2) is 46.5 Å². The van der Waals surface area contributed by atoms with Crippen molar-refractivity contribution in [2.45, 2.75) is 31.3 Å². The third-order valence-corrected chi connectivity index (χ3v) is 4.35. The summed E-state index contributed by atoms with van der Waals surface area (Å²) in [5.41, 5.74) is 0.522. The zero-order chi connectivity index (χ0) is 15.9. The number of hydrogen-bond donors (Lipinski definition) is 2. The summed E-state index contributed by atoms with van der Waals surface area (Å²) in [7, 11) is -2.13. The van der Waals surface area contributed by atoms with Gasteiger partial charge in [-0.1, -0.05) is 0 Å². The van der Waals surface area contributed by atoms with Crippen LogP contribution in [0.5, 0.6) is 5.75 Å². The molecule has 1 aromatic rings. The summed E-state index contributed by atoms with van der Waals surface area (Å²) in [4.78, 5) is 0.155. The van der Waals surface area contributed by atoms with E-state index in [1.807, 2.05) is 13.8 Å². The zero-order valence-corrected chi connectivity index (χ0v) is 13.4. The van der Waals surface area contributed by atoms with Crippen molar-refractivity contribution in [1.29, 1.82) is 0 Å². The molecule has 2 N–H and O–H groups in total. The maximum absolute atomic E-state index is 12.3. The summed E-state index contributed by atoms with van der Waals surface area (Å²) >= 11 is 0. The Hall–Kier alpha value is -1.15. The van der Waals surface area contributed by atoms with Crippen LogP contribution in [0.4, 0.5) is 0 Å². The van der Waals surface area contributed by atoms with Gasteiger partial charge in [0.1, 0.15) is 5.75 Å². The lowest BCUT2D eigenvalue weighted by Crippen LogP contribution is -2.29. The number of rotatable bonds is 9. The van der Waals surface area contributed by atoms with E-state index >= 15 is 0 Å². The minimum absolute atomic E-state index is 0.0560. The molecular formula is C14H23NO5S. The fourth-order valence-corrected chi connectivity index (χ4v) is 3.07. The largest absolute Gasteiger partial charge is 0.497 e. The maximum atomic E-state index is 12.3. The van der Waals surface area contributed by atoms with Crippen molar-refractivity contribution in [1.82, 2.24) is 4.72 Å². The van der Waals surface area contributed by atoms with Crippen LogP contribution >= 0.6 is 0 Å². The standard InChI is InChI=1S/C14H23NO5S/c1-11(2)20-9-7-15-21(17,18)14-5-4-13(19-3)10-12(14)6-8-16/h4-5,10-11,15-16H,6-9H2,1-3H3. The van der Waals surface area contributed by atoms with Crippen molar-refractivity contribution in [2.24, 2.45) is 0 Å². The molecule has 0 unspecified atom stereocenters. The highest BCUT2D eigenvalue weighted by Crippen LogP contribution is 2.22. The first kappa shape index (κ1) is 17.9. The van der Waals surface area contributed by atoms with Crippen LogP contribution in [-0.2, 0) is 21.2 Å². The molecule has 0 spiro atoms. The molecule has 0 saturated heterocycles. The first-order valence-electron chi connectivity index (χ1n) is 6.79. The second-order valence-electron chi connectivity index (χ2n) is 4.76. The van der Waals surface area contributed by atoms with E-state index in [0.717, 1.165) is 0 Å². The summed E-state index contributed by atoms with van der Waals surface area (Å²) in [5, 5.41) is 9.07. The Bertz CT molecular complexity index is 542. The molecule has 6 nitrogen and oxygen atoms in total. The van der Waals surface area contributed by atoms with E-state index in [1.165, 1.54) is 13.2 Å². The molecule has 0 aliphatic heterocycles. The molecule has 1 rings (SSSR count). The molecule has 0 heterocycles. The Labute approximate surface area is 126 Å². The van der Waals surface area contributed by atoms with E-state index in [2.05, 4.69) is 4.72 Å². The molecule has 0 radical (unpaired) electrons. The first-order valence-corrected chi connectivity index (χ1v) is 8.28. The van der Waals surface area contributed by atoms with Crippen LogP contribution in [0.3, 0.4) is 0 Å². The average Bonchev–Trinajstić information content (AvgIpc) is 2.43. The van der Waals surface area contributed by atoms with Gasteiger partial charge in [-0.2, -0.15) is 0 Å². The highest BCUT2D eigenvalue weighted by atomic mass is 32.2. The quantitative estimate of drug-likeness (QED) is 0.662. The Morgan fingerprint density at radius 3 is 2.62 bits per heavy atom. The Balaban J connectivity index is 2.86. The lowest BCUT2D eigenvalue weighted by molar-refractivity contribution is 0.0834. The molecule has 120 valence electrons. The van der Waals surface area contributed by atoms with E-state index in [0.29, 0.717) is 17.9 Å². The number of sulfonamides is 1. The van der Waals surface area contributed by atoms with Gasteiger partial charge in [0.05, 0.1) is 24.7 Å². The lowest BCUT2D eigenvalue weighted by Gasteiger charge is -2.13. The van der Waals surface area contributed by atoms with Crippen molar-refractivity contribution >= 4 is 10.0 Å². The number of nitrogens with one attached hydrogen (secondary N) is 1. The first-order chi connectivity index (χ1) is 9.90. The van der Waals surface area contributed by atoms with Crippen LogP contribution in [0.15, 0.2) is 23.1 Å². The van der Waals surface area contributed by atoms with E-state index < -0.39 is 10.0 Å². The molecule has 0 aliphatic rings. The number of methoxy groups -OCH3 is 1. The van der Waals surface area contributed by atoms with Gasteiger partial charge >= 0.3 is 0 Å². The fourth-order valence-electron chi connectivity index (χ4n) is 1.81. The summed E-state index contributed by atoms with van der Waals surface area (Å²) < 4.78 is 37.4. The highest BCUT2D eigenvalue weighted by Gasteiger charge is 2.18. The Morgan fingerprint density at radius 1 is 1.33 bits per heavy atom. The maximum Gasteiger partial charge on any atom is 0.240 e. The number of aliphatic hydroxyl groups is 1. The molecule has 7 heteroatoms.